The Kier molecular flexibility index (Phi) is 11.7. The van der Waals surface area contributed by atoms with E-state index in [0.717, 1.165) is 34.3 Å². The number of nitro benzene ring substituents is 1. The van der Waals surface area contributed by atoms with Crippen LogP contribution in [0.1, 0.15) is 43.4 Å². The van der Waals surface area contributed by atoms with Gasteiger partial charge in [-0.1, -0.05) is 60.8 Å². The number of carbonyl (C=O) groups excluding carboxylic acids is 2. The van der Waals surface area contributed by atoms with Crippen LogP contribution in [0.15, 0.2) is 65.6 Å². The summed E-state index contributed by atoms with van der Waals surface area (Å²) < 4.78 is 34.6. The fourth-order valence-corrected chi connectivity index (χ4v) is 6.06. The van der Waals surface area contributed by atoms with Gasteiger partial charge in [0.1, 0.15) is 18.3 Å². The maximum atomic E-state index is 14.2. The fraction of sp³-hybridized carbons (Fsp3) is 0.355. The Morgan fingerprint density at radius 1 is 1.07 bits per heavy atom. The molecule has 0 aliphatic carbocycles. The number of nitro groups is 1. The molecule has 0 aliphatic heterocycles. The number of halogens is 1. The van der Waals surface area contributed by atoms with Gasteiger partial charge in [0, 0.05) is 29.7 Å². The molecule has 3 aromatic carbocycles. The molecule has 0 aliphatic rings. The van der Waals surface area contributed by atoms with E-state index in [1.165, 1.54) is 49.3 Å². The molecule has 11 nitrogen and oxygen atoms in total. The minimum absolute atomic E-state index is 0.0258. The number of unbranched alkanes of at least 4 members (excludes halogenated alkanes) is 1. The first-order valence-corrected chi connectivity index (χ1v) is 15.9. The van der Waals surface area contributed by atoms with E-state index < -0.39 is 44.0 Å². The molecule has 1 atom stereocenters. The topological polar surface area (TPSA) is 139 Å². The molecule has 236 valence electrons. The van der Waals surface area contributed by atoms with Crippen LogP contribution in [0.3, 0.4) is 0 Å². The van der Waals surface area contributed by atoms with E-state index in [-0.39, 0.29) is 34.5 Å². The molecule has 3 rings (SSSR count). The Hall–Kier alpha value is -4.16. The number of nitrogens with one attached hydrogen (secondary N) is 1. The van der Waals surface area contributed by atoms with E-state index in [9.17, 15) is 28.1 Å². The van der Waals surface area contributed by atoms with Gasteiger partial charge in [0.25, 0.3) is 15.7 Å². The average Bonchev–Trinajstić information content (AvgIpc) is 2.99. The van der Waals surface area contributed by atoms with E-state index in [4.69, 9.17) is 16.3 Å². The number of benzene rings is 3. The van der Waals surface area contributed by atoms with E-state index in [1.807, 2.05) is 38.1 Å². The second kappa shape index (κ2) is 15.0. The lowest BCUT2D eigenvalue weighted by molar-refractivity contribution is -0.385. The van der Waals surface area contributed by atoms with Crippen molar-refractivity contribution in [1.29, 1.82) is 0 Å². The quantitative estimate of drug-likeness (QED) is 0.141. The lowest BCUT2D eigenvalue weighted by Crippen LogP contribution is -2.51. The van der Waals surface area contributed by atoms with Gasteiger partial charge in [0.2, 0.25) is 11.8 Å². The fourth-order valence-electron chi connectivity index (χ4n) is 4.45. The Bertz CT molecular complexity index is 1610. The molecule has 0 saturated carbocycles. The molecule has 3 aromatic rings. The van der Waals surface area contributed by atoms with Gasteiger partial charge in [-0.15, -0.1) is 0 Å². The van der Waals surface area contributed by atoms with E-state index in [0.29, 0.717) is 6.54 Å². The highest BCUT2D eigenvalue weighted by Gasteiger charge is 2.35. The summed E-state index contributed by atoms with van der Waals surface area (Å²) in [6, 6.07) is 14.3. The Balaban J connectivity index is 2.13. The maximum absolute atomic E-state index is 14.2. The number of methoxy groups -OCH3 is 1. The van der Waals surface area contributed by atoms with Crippen molar-refractivity contribution in [2.75, 3.05) is 24.5 Å². The number of carbonyl (C=O) groups is 2. The second-order valence-corrected chi connectivity index (χ2v) is 12.7. The Morgan fingerprint density at radius 3 is 2.36 bits per heavy atom. The largest absolute Gasteiger partial charge is 0.495 e. The number of hydrogen-bond acceptors (Lipinski definition) is 7. The average molecular weight is 645 g/mol. The van der Waals surface area contributed by atoms with Gasteiger partial charge in [0.05, 0.1) is 22.6 Å². The van der Waals surface area contributed by atoms with Gasteiger partial charge in [-0.3, -0.25) is 24.0 Å². The third-order valence-corrected chi connectivity index (χ3v) is 9.11. The second-order valence-electron chi connectivity index (χ2n) is 10.4. The molecule has 44 heavy (non-hydrogen) atoms. The molecule has 2 amide bonds. The number of nitrogens with zero attached hydrogens (tertiary/aromatic N) is 3. The summed E-state index contributed by atoms with van der Waals surface area (Å²) in [4.78, 5) is 39.1. The van der Waals surface area contributed by atoms with Crippen molar-refractivity contribution in [3.8, 4) is 5.75 Å². The van der Waals surface area contributed by atoms with Crippen LogP contribution in [0.5, 0.6) is 5.75 Å². The van der Waals surface area contributed by atoms with Gasteiger partial charge in [-0.05, 0) is 57.0 Å². The van der Waals surface area contributed by atoms with E-state index in [1.54, 1.807) is 6.92 Å². The van der Waals surface area contributed by atoms with Gasteiger partial charge < -0.3 is 15.0 Å². The lowest BCUT2D eigenvalue weighted by atomic mass is 10.1. The van der Waals surface area contributed by atoms with Crippen LogP contribution in [0, 0.1) is 24.0 Å². The van der Waals surface area contributed by atoms with Gasteiger partial charge >= 0.3 is 0 Å². The van der Waals surface area contributed by atoms with Crippen LogP contribution in [-0.4, -0.2) is 56.3 Å². The summed E-state index contributed by atoms with van der Waals surface area (Å²) in [5, 5.41) is 14.6. The first-order valence-electron chi connectivity index (χ1n) is 14.0. The summed E-state index contributed by atoms with van der Waals surface area (Å²) in [6.07, 6.45) is 1.62. The van der Waals surface area contributed by atoms with Crippen molar-refractivity contribution in [3.63, 3.8) is 0 Å². The molecule has 0 saturated heterocycles. The van der Waals surface area contributed by atoms with Crippen molar-refractivity contribution in [1.82, 2.24) is 10.2 Å². The summed E-state index contributed by atoms with van der Waals surface area (Å²) in [5.41, 5.74) is 1.57. The summed E-state index contributed by atoms with van der Waals surface area (Å²) in [5.74, 6) is -0.971. The minimum Gasteiger partial charge on any atom is -0.495 e. The van der Waals surface area contributed by atoms with E-state index >= 15 is 0 Å². The van der Waals surface area contributed by atoms with Crippen LogP contribution < -0.4 is 14.4 Å². The zero-order valence-corrected chi connectivity index (χ0v) is 26.9. The highest BCUT2D eigenvalue weighted by molar-refractivity contribution is 7.92. The monoisotopic (exact) mass is 644 g/mol. The molecule has 0 heterocycles. The summed E-state index contributed by atoms with van der Waals surface area (Å²) >= 11 is 6.26. The number of amides is 2. The highest BCUT2D eigenvalue weighted by atomic mass is 35.5. The predicted octanol–water partition coefficient (Wildman–Crippen LogP) is 5.40. The first-order chi connectivity index (χ1) is 20.8. The van der Waals surface area contributed by atoms with Crippen LogP contribution in [0.2, 0.25) is 5.02 Å². The lowest BCUT2D eigenvalue weighted by Gasteiger charge is -2.32. The summed E-state index contributed by atoms with van der Waals surface area (Å²) in [7, 11) is -3.27. The number of rotatable bonds is 14. The van der Waals surface area contributed by atoms with Crippen molar-refractivity contribution in [2.45, 2.75) is 58.0 Å². The molecule has 0 unspecified atom stereocenters. The van der Waals surface area contributed by atoms with E-state index in [2.05, 4.69) is 5.32 Å². The Morgan fingerprint density at radius 2 is 1.75 bits per heavy atom. The normalized spacial score (nSPS) is 11.9. The number of aryl methyl sites for hydroxylation is 2. The number of anilines is 1. The Labute approximate surface area is 263 Å². The van der Waals surface area contributed by atoms with Crippen LogP contribution >= 0.6 is 11.6 Å². The molecule has 13 heteroatoms. The molecule has 0 radical (unpaired) electrons. The molecular formula is C31H37ClN4O7S. The van der Waals surface area contributed by atoms with Crippen LogP contribution in [0.25, 0.3) is 0 Å². The van der Waals surface area contributed by atoms with Crippen molar-refractivity contribution < 1.29 is 27.7 Å². The zero-order chi connectivity index (χ0) is 32.6. The van der Waals surface area contributed by atoms with Crippen LogP contribution in [-0.2, 0) is 26.2 Å². The maximum Gasteiger partial charge on any atom is 0.273 e. The van der Waals surface area contributed by atoms with Gasteiger partial charge in [-0.2, -0.15) is 0 Å². The van der Waals surface area contributed by atoms with Gasteiger partial charge in [-0.25, -0.2) is 8.42 Å². The molecular weight excluding hydrogens is 608 g/mol. The molecule has 0 fully saturated rings. The number of sulfonamides is 1. The van der Waals surface area contributed by atoms with Crippen molar-refractivity contribution in [3.05, 3.63) is 92.5 Å². The van der Waals surface area contributed by atoms with Crippen LogP contribution in [0.4, 0.5) is 11.4 Å². The van der Waals surface area contributed by atoms with Gasteiger partial charge in [0.15, 0.2) is 0 Å². The van der Waals surface area contributed by atoms with Crippen molar-refractivity contribution >= 4 is 44.8 Å². The SMILES string of the molecule is CCCCNC(=O)[C@@H](C)N(Cc1ccc(C)cc1)C(=O)CN(c1cc(Cl)ccc1OC)S(=O)(=O)c1ccc(C)c([N+](=O)[O-])c1. The zero-order valence-electron chi connectivity index (χ0n) is 25.4. The molecule has 0 bridgehead atoms. The molecule has 0 spiro atoms. The van der Waals surface area contributed by atoms with Crippen molar-refractivity contribution in [2.24, 2.45) is 0 Å². The summed E-state index contributed by atoms with van der Waals surface area (Å²) in [6.45, 7) is 6.69. The minimum atomic E-state index is -4.60. The third kappa shape index (κ3) is 8.26. The molecule has 0 aromatic heterocycles. The standard InChI is InChI=1S/C31H37ClN4O7S/c1-6-7-16-33-31(38)23(4)34(19-24-11-8-21(2)9-12-24)30(37)20-35(28-17-25(32)13-15-29(28)43-5)44(41,42)26-14-10-22(3)27(18-26)36(39)40/h8-15,17-18,23H,6-7,16,19-20H2,1-5H3,(H,33,38)/t23-/m1/s1. The predicted molar refractivity (Wildman–Crippen MR) is 169 cm³/mol. The molecule has 1 N–H and O–H groups in total. The smallest absolute Gasteiger partial charge is 0.273 e. The first kappa shape index (κ1) is 34.3. The number of hydrogen-bond donors (Lipinski definition) is 1. The number of ether oxygens (including phenoxy) is 1. The highest BCUT2D eigenvalue weighted by Crippen LogP contribution is 2.36. The third-order valence-electron chi connectivity index (χ3n) is 7.12.